The third-order valence-electron chi connectivity index (χ3n) is 2.74. The van der Waals surface area contributed by atoms with Crippen LogP contribution in [0.3, 0.4) is 0 Å². The van der Waals surface area contributed by atoms with Gasteiger partial charge in [-0.25, -0.2) is 13.2 Å². The lowest BCUT2D eigenvalue weighted by Crippen LogP contribution is -2.15. The standard InChI is InChI=1S/C15H13F3OS/c16-10-3-1-4-12(7-10)20-9-11(19)8-13-14(17)5-2-6-15(13)18/h1-7,11,19H,8-9H2. The molecule has 20 heavy (non-hydrogen) atoms. The van der Waals surface area contributed by atoms with Crippen LogP contribution in [-0.4, -0.2) is 17.0 Å². The molecule has 0 aromatic heterocycles. The van der Waals surface area contributed by atoms with Crippen molar-refractivity contribution in [2.45, 2.75) is 17.4 Å². The van der Waals surface area contributed by atoms with Gasteiger partial charge in [0.15, 0.2) is 0 Å². The number of aliphatic hydroxyl groups is 1. The number of benzene rings is 2. The predicted octanol–water partition coefficient (Wildman–Crippen LogP) is 3.80. The van der Waals surface area contributed by atoms with Crippen LogP contribution >= 0.6 is 11.8 Å². The molecule has 0 fully saturated rings. The van der Waals surface area contributed by atoms with Gasteiger partial charge in [-0.1, -0.05) is 12.1 Å². The smallest absolute Gasteiger partial charge is 0.129 e. The fraction of sp³-hybridized carbons (Fsp3) is 0.200. The van der Waals surface area contributed by atoms with Gasteiger partial charge in [-0.3, -0.25) is 0 Å². The van der Waals surface area contributed by atoms with Crippen LogP contribution in [0.15, 0.2) is 47.4 Å². The van der Waals surface area contributed by atoms with Gasteiger partial charge < -0.3 is 5.11 Å². The second-order valence-electron chi connectivity index (χ2n) is 4.33. The highest BCUT2D eigenvalue weighted by Gasteiger charge is 2.14. The maximum absolute atomic E-state index is 13.4. The number of hydrogen-bond acceptors (Lipinski definition) is 2. The minimum absolute atomic E-state index is 0.110. The summed E-state index contributed by atoms with van der Waals surface area (Å²) >= 11 is 1.24. The average Bonchev–Trinajstić information content (AvgIpc) is 2.41. The molecule has 0 radical (unpaired) electrons. The SMILES string of the molecule is OC(CSc1cccc(F)c1)Cc1c(F)cccc1F. The summed E-state index contributed by atoms with van der Waals surface area (Å²) in [4.78, 5) is 0.665. The van der Waals surface area contributed by atoms with Crippen molar-refractivity contribution in [3.05, 3.63) is 65.5 Å². The lowest BCUT2D eigenvalue weighted by molar-refractivity contribution is 0.197. The first kappa shape index (κ1) is 14.9. The van der Waals surface area contributed by atoms with Crippen LogP contribution < -0.4 is 0 Å². The zero-order valence-corrected chi connectivity index (χ0v) is 11.3. The van der Waals surface area contributed by atoms with Crippen LogP contribution in [0.4, 0.5) is 13.2 Å². The molecular weight excluding hydrogens is 285 g/mol. The van der Waals surface area contributed by atoms with Crippen molar-refractivity contribution in [2.75, 3.05) is 5.75 Å². The second kappa shape index (κ2) is 6.81. The Hall–Kier alpha value is -1.46. The molecule has 1 N–H and O–H groups in total. The first-order valence-corrected chi connectivity index (χ1v) is 7.04. The molecule has 0 bridgehead atoms. The lowest BCUT2D eigenvalue weighted by atomic mass is 10.1. The van der Waals surface area contributed by atoms with E-state index in [4.69, 9.17) is 0 Å². The second-order valence-corrected chi connectivity index (χ2v) is 5.42. The molecule has 0 spiro atoms. The topological polar surface area (TPSA) is 20.2 Å². The lowest BCUT2D eigenvalue weighted by Gasteiger charge is -2.11. The zero-order valence-electron chi connectivity index (χ0n) is 10.5. The monoisotopic (exact) mass is 298 g/mol. The Balaban J connectivity index is 1.94. The van der Waals surface area contributed by atoms with Crippen LogP contribution in [0.2, 0.25) is 0 Å². The van der Waals surface area contributed by atoms with Crippen molar-refractivity contribution in [1.29, 1.82) is 0 Å². The van der Waals surface area contributed by atoms with Gasteiger partial charge in [0.1, 0.15) is 17.5 Å². The summed E-state index contributed by atoms with van der Waals surface area (Å²) in [5.41, 5.74) is -0.125. The van der Waals surface area contributed by atoms with Gasteiger partial charge in [-0.05, 0) is 30.3 Å². The highest BCUT2D eigenvalue weighted by Crippen LogP contribution is 2.21. The summed E-state index contributed by atoms with van der Waals surface area (Å²) in [7, 11) is 0. The van der Waals surface area contributed by atoms with Crippen LogP contribution in [0, 0.1) is 17.5 Å². The highest BCUT2D eigenvalue weighted by molar-refractivity contribution is 7.99. The molecule has 0 aliphatic carbocycles. The van der Waals surface area contributed by atoms with Crippen LogP contribution in [-0.2, 0) is 6.42 Å². The summed E-state index contributed by atoms with van der Waals surface area (Å²) in [5, 5.41) is 9.83. The van der Waals surface area contributed by atoms with E-state index in [1.807, 2.05) is 0 Å². The van der Waals surface area contributed by atoms with Crippen LogP contribution in [0.5, 0.6) is 0 Å². The van der Waals surface area contributed by atoms with Crippen LogP contribution in [0.1, 0.15) is 5.56 Å². The molecule has 1 nitrogen and oxygen atoms in total. The molecule has 0 amide bonds. The predicted molar refractivity (Wildman–Crippen MR) is 73.2 cm³/mol. The number of thioether (sulfide) groups is 1. The number of hydrogen-bond donors (Lipinski definition) is 1. The van der Waals surface area contributed by atoms with E-state index in [2.05, 4.69) is 0 Å². The van der Waals surface area contributed by atoms with E-state index < -0.39 is 17.7 Å². The summed E-state index contributed by atoms with van der Waals surface area (Å²) < 4.78 is 39.8. The van der Waals surface area contributed by atoms with Crippen molar-refractivity contribution >= 4 is 11.8 Å². The molecule has 2 rings (SSSR count). The molecule has 0 saturated heterocycles. The van der Waals surface area contributed by atoms with Crippen molar-refractivity contribution in [2.24, 2.45) is 0 Å². The molecule has 2 aromatic rings. The zero-order chi connectivity index (χ0) is 14.5. The molecule has 0 saturated carbocycles. The van der Waals surface area contributed by atoms with Gasteiger partial charge in [0.05, 0.1) is 6.10 Å². The Bertz CT molecular complexity index is 569. The molecule has 1 unspecified atom stereocenters. The first-order valence-electron chi connectivity index (χ1n) is 6.05. The molecule has 0 aliphatic heterocycles. The number of halogens is 3. The largest absolute Gasteiger partial charge is 0.392 e. The van der Waals surface area contributed by atoms with Gasteiger partial charge in [0, 0.05) is 22.6 Å². The molecule has 2 aromatic carbocycles. The van der Waals surface area contributed by atoms with Crippen molar-refractivity contribution in [3.63, 3.8) is 0 Å². The summed E-state index contributed by atoms with van der Waals surface area (Å²) in [6, 6.07) is 9.55. The molecular formula is C15H13F3OS. The van der Waals surface area contributed by atoms with Crippen LogP contribution in [0.25, 0.3) is 0 Å². The molecule has 5 heteroatoms. The Labute approximate surface area is 119 Å². The minimum Gasteiger partial charge on any atom is -0.392 e. The highest BCUT2D eigenvalue weighted by atomic mass is 32.2. The Kier molecular flexibility index (Phi) is 5.09. The normalized spacial score (nSPS) is 12.4. The van der Waals surface area contributed by atoms with E-state index >= 15 is 0 Å². The van der Waals surface area contributed by atoms with Crippen molar-refractivity contribution < 1.29 is 18.3 Å². The molecule has 0 aliphatic rings. The van der Waals surface area contributed by atoms with E-state index in [0.717, 1.165) is 12.1 Å². The quantitative estimate of drug-likeness (QED) is 0.847. The first-order chi connectivity index (χ1) is 9.56. The number of aliphatic hydroxyl groups excluding tert-OH is 1. The third-order valence-corrected chi connectivity index (χ3v) is 3.88. The number of rotatable bonds is 5. The maximum Gasteiger partial charge on any atom is 0.129 e. The van der Waals surface area contributed by atoms with E-state index in [-0.39, 0.29) is 23.6 Å². The Morgan fingerprint density at radius 2 is 1.65 bits per heavy atom. The average molecular weight is 298 g/mol. The minimum atomic E-state index is -0.908. The maximum atomic E-state index is 13.4. The van der Waals surface area contributed by atoms with Gasteiger partial charge in [0.25, 0.3) is 0 Å². The summed E-state index contributed by atoms with van der Waals surface area (Å²) in [6.45, 7) is 0. The summed E-state index contributed by atoms with van der Waals surface area (Å²) in [5.74, 6) is -1.46. The third kappa shape index (κ3) is 4.02. The Morgan fingerprint density at radius 3 is 2.30 bits per heavy atom. The van der Waals surface area contributed by atoms with E-state index in [0.29, 0.717) is 4.90 Å². The van der Waals surface area contributed by atoms with E-state index in [1.54, 1.807) is 12.1 Å². The van der Waals surface area contributed by atoms with Crippen molar-refractivity contribution in [1.82, 2.24) is 0 Å². The molecule has 1 atom stereocenters. The van der Waals surface area contributed by atoms with Gasteiger partial charge in [-0.2, -0.15) is 0 Å². The Morgan fingerprint density at radius 1 is 1.00 bits per heavy atom. The fourth-order valence-corrected chi connectivity index (χ4v) is 2.64. The fourth-order valence-electron chi connectivity index (χ4n) is 1.77. The molecule has 0 heterocycles. The summed E-state index contributed by atoms with van der Waals surface area (Å²) in [6.07, 6.45) is -1.02. The van der Waals surface area contributed by atoms with Crippen molar-refractivity contribution in [3.8, 4) is 0 Å². The van der Waals surface area contributed by atoms with E-state index in [1.165, 1.54) is 30.0 Å². The van der Waals surface area contributed by atoms with E-state index in [9.17, 15) is 18.3 Å². The van der Waals surface area contributed by atoms with Gasteiger partial charge in [0.2, 0.25) is 0 Å². The molecule has 106 valence electrons. The van der Waals surface area contributed by atoms with Gasteiger partial charge >= 0.3 is 0 Å². The van der Waals surface area contributed by atoms with Gasteiger partial charge in [-0.15, -0.1) is 11.8 Å².